The number of allylic oxidation sites excluding steroid dienone is 1. The predicted molar refractivity (Wildman–Crippen MR) is 254 cm³/mol. The minimum Gasteiger partial charge on any atom is -0.454 e. The third-order valence-electron chi connectivity index (χ3n) is 12.0. The maximum atomic E-state index is 6.64. The summed E-state index contributed by atoms with van der Waals surface area (Å²) in [7, 11) is 0. The van der Waals surface area contributed by atoms with Gasteiger partial charge in [-0.05, 0) is 100 Å². The number of dihydropyridines is 1. The Kier molecular flexibility index (Phi) is 8.32. The quantitative estimate of drug-likeness (QED) is 0.168. The van der Waals surface area contributed by atoms with Crippen LogP contribution < -0.4 is 0 Å². The SMILES string of the molecule is CC1C=CC=NC1c1cc(-c2cccc(-c3ccc(-c4nc5cc(-c6ccc7sc8ccccc8c7c6)ccc5c5c4oc4ccccc45)cc3)c2)cc(-c2ccccn2)n1. The average molecular weight is 801 g/mol. The summed E-state index contributed by atoms with van der Waals surface area (Å²) in [5, 5.41) is 5.84. The van der Waals surface area contributed by atoms with Gasteiger partial charge in [-0.15, -0.1) is 11.3 Å². The zero-order valence-electron chi connectivity index (χ0n) is 33.2. The van der Waals surface area contributed by atoms with Crippen LogP contribution in [0.4, 0.5) is 0 Å². The maximum absolute atomic E-state index is 6.64. The van der Waals surface area contributed by atoms with Crippen LogP contribution in [0.15, 0.2) is 192 Å². The summed E-state index contributed by atoms with van der Waals surface area (Å²) in [6, 6.07) is 58.1. The number of thiophene rings is 1. The molecule has 0 saturated carbocycles. The van der Waals surface area contributed by atoms with E-state index in [1.807, 2.05) is 60.2 Å². The zero-order chi connectivity index (χ0) is 40.4. The molecule has 1 aliphatic heterocycles. The molecule has 2 unspecified atom stereocenters. The number of hydrogen-bond donors (Lipinski definition) is 0. The summed E-state index contributed by atoms with van der Waals surface area (Å²) >= 11 is 1.84. The lowest BCUT2D eigenvalue weighted by Crippen LogP contribution is -2.11. The fourth-order valence-electron chi connectivity index (χ4n) is 8.94. The van der Waals surface area contributed by atoms with E-state index in [1.54, 1.807) is 0 Å². The molecule has 0 radical (unpaired) electrons. The van der Waals surface area contributed by atoms with Crippen molar-refractivity contribution in [3.05, 3.63) is 188 Å². The Balaban J connectivity index is 0.942. The van der Waals surface area contributed by atoms with Crippen molar-refractivity contribution in [3.63, 3.8) is 0 Å². The van der Waals surface area contributed by atoms with E-state index in [9.17, 15) is 0 Å². The van der Waals surface area contributed by atoms with Gasteiger partial charge in [0.1, 0.15) is 11.3 Å². The highest BCUT2D eigenvalue weighted by Crippen LogP contribution is 2.42. The number of furan rings is 1. The molecule has 0 N–H and O–H groups in total. The van der Waals surface area contributed by atoms with Gasteiger partial charge >= 0.3 is 0 Å². The van der Waals surface area contributed by atoms with Gasteiger partial charge in [-0.1, -0.05) is 116 Å². The second-order valence-corrected chi connectivity index (χ2v) is 16.9. The number of rotatable bonds is 6. The Morgan fingerprint density at radius 1 is 0.525 bits per heavy atom. The first kappa shape index (κ1) is 35.4. The Bertz CT molecular complexity index is 3560. The first-order valence-electron chi connectivity index (χ1n) is 20.6. The lowest BCUT2D eigenvalue weighted by atomic mass is 9.93. The molecule has 0 fully saturated rings. The van der Waals surface area contributed by atoms with Crippen LogP contribution in [-0.2, 0) is 0 Å². The zero-order valence-corrected chi connectivity index (χ0v) is 34.0. The van der Waals surface area contributed by atoms with Gasteiger partial charge in [-0.3, -0.25) is 9.98 Å². The molecule has 12 rings (SSSR count). The summed E-state index contributed by atoms with van der Waals surface area (Å²) in [4.78, 5) is 19.9. The molecule has 6 heterocycles. The van der Waals surface area contributed by atoms with E-state index in [0.717, 1.165) is 89.0 Å². The van der Waals surface area contributed by atoms with Gasteiger partial charge in [0.2, 0.25) is 0 Å². The number of nitrogens with zero attached hydrogens (tertiary/aromatic N) is 4. The van der Waals surface area contributed by atoms with Crippen LogP contribution in [0.1, 0.15) is 18.7 Å². The monoisotopic (exact) mass is 800 g/mol. The van der Waals surface area contributed by atoms with Crippen LogP contribution in [0.5, 0.6) is 0 Å². The number of fused-ring (bicyclic) bond motifs is 8. The lowest BCUT2D eigenvalue weighted by molar-refractivity contribution is 0.553. The molecule has 6 aromatic carbocycles. The summed E-state index contributed by atoms with van der Waals surface area (Å²) in [5.41, 5.74) is 13.8. The van der Waals surface area contributed by atoms with E-state index in [0.29, 0.717) is 0 Å². The smallest absolute Gasteiger partial charge is 0.162 e. The Morgan fingerprint density at radius 3 is 2.13 bits per heavy atom. The molecule has 2 atom stereocenters. The van der Waals surface area contributed by atoms with Gasteiger partial charge in [0.25, 0.3) is 0 Å². The van der Waals surface area contributed by atoms with Crippen LogP contribution in [0.25, 0.3) is 109 Å². The van der Waals surface area contributed by atoms with E-state index < -0.39 is 0 Å². The van der Waals surface area contributed by atoms with Crippen molar-refractivity contribution >= 4 is 70.6 Å². The van der Waals surface area contributed by atoms with E-state index >= 15 is 0 Å². The van der Waals surface area contributed by atoms with E-state index in [1.165, 1.54) is 25.7 Å². The summed E-state index contributed by atoms with van der Waals surface area (Å²) in [6.07, 6.45) is 7.89. The van der Waals surface area contributed by atoms with Gasteiger partial charge < -0.3 is 4.42 Å². The van der Waals surface area contributed by atoms with Gasteiger partial charge in [0.15, 0.2) is 5.58 Å². The third-order valence-corrected chi connectivity index (χ3v) is 13.2. The predicted octanol–water partition coefficient (Wildman–Crippen LogP) is 14.9. The fourth-order valence-corrected chi connectivity index (χ4v) is 10.0. The number of pyridine rings is 3. The van der Waals surface area contributed by atoms with Crippen molar-refractivity contribution in [2.75, 3.05) is 0 Å². The van der Waals surface area contributed by atoms with E-state index in [4.69, 9.17) is 19.4 Å². The summed E-state index contributed by atoms with van der Waals surface area (Å²) in [5.74, 6) is 0.233. The third kappa shape index (κ3) is 6.14. The lowest BCUT2D eigenvalue weighted by Gasteiger charge is -2.21. The largest absolute Gasteiger partial charge is 0.454 e. The Morgan fingerprint density at radius 2 is 1.26 bits per heavy atom. The van der Waals surface area contributed by atoms with Gasteiger partial charge in [-0.25, -0.2) is 9.97 Å². The number of benzene rings is 6. The van der Waals surface area contributed by atoms with Crippen LogP contribution >= 0.6 is 11.3 Å². The topological polar surface area (TPSA) is 64.2 Å². The van der Waals surface area contributed by atoms with Crippen molar-refractivity contribution in [2.45, 2.75) is 13.0 Å². The highest BCUT2D eigenvalue weighted by Gasteiger charge is 2.22. The molecule has 0 bridgehead atoms. The van der Waals surface area contributed by atoms with E-state index in [2.05, 4.69) is 151 Å². The second-order valence-electron chi connectivity index (χ2n) is 15.8. The standard InChI is InChI=1S/C55H36N4OS/c1-33-10-9-27-57-53(33)48-32-40(31-47(58-48)45-15-6-7-26-56-45)37-12-8-11-36(28-37)34-18-20-35(21-19-34)54-55-52(43-14-2-4-16-49(43)60-55)42-24-22-39(30-46(42)59-54)38-23-25-51-44(29-38)41-13-3-5-17-50(41)61-51/h2-33,53H,1H3. The van der Waals surface area contributed by atoms with Crippen LogP contribution in [0.2, 0.25) is 0 Å². The molecule has 0 saturated heterocycles. The van der Waals surface area contributed by atoms with Crippen LogP contribution in [-0.4, -0.2) is 21.2 Å². The van der Waals surface area contributed by atoms with Gasteiger partial charge in [-0.2, -0.15) is 0 Å². The first-order valence-corrected chi connectivity index (χ1v) is 21.4. The van der Waals surface area contributed by atoms with Crippen molar-refractivity contribution in [2.24, 2.45) is 10.9 Å². The van der Waals surface area contributed by atoms with Gasteiger partial charge in [0.05, 0.1) is 28.6 Å². The average Bonchev–Trinajstić information content (AvgIpc) is 3.90. The molecule has 0 amide bonds. The van der Waals surface area contributed by atoms with Crippen LogP contribution in [0.3, 0.4) is 0 Å². The van der Waals surface area contributed by atoms with Crippen molar-refractivity contribution in [3.8, 4) is 56.0 Å². The summed E-state index contributed by atoms with van der Waals surface area (Å²) in [6.45, 7) is 2.19. The molecule has 0 aliphatic carbocycles. The minimum absolute atomic E-state index is 0.0620. The molecular weight excluding hydrogens is 765 g/mol. The minimum atomic E-state index is -0.0620. The molecule has 1 aliphatic rings. The molecular formula is C55H36N4OS. The van der Waals surface area contributed by atoms with Crippen molar-refractivity contribution < 1.29 is 4.42 Å². The normalized spacial score (nSPS) is 15.2. The number of para-hydroxylation sites is 1. The second kappa shape index (κ2) is 14.3. The highest BCUT2D eigenvalue weighted by atomic mass is 32.1. The molecule has 61 heavy (non-hydrogen) atoms. The number of aliphatic imine (C=N–C) groups is 1. The van der Waals surface area contributed by atoms with E-state index in [-0.39, 0.29) is 12.0 Å². The van der Waals surface area contributed by atoms with Crippen LogP contribution in [0, 0.1) is 5.92 Å². The van der Waals surface area contributed by atoms with Gasteiger partial charge in [0, 0.05) is 60.2 Å². The number of hydrogen-bond acceptors (Lipinski definition) is 6. The molecule has 11 aromatic rings. The van der Waals surface area contributed by atoms with Crippen molar-refractivity contribution in [1.29, 1.82) is 0 Å². The molecule has 288 valence electrons. The highest BCUT2D eigenvalue weighted by molar-refractivity contribution is 7.25. The molecule has 5 aromatic heterocycles. The maximum Gasteiger partial charge on any atom is 0.162 e. The van der Waals surface area contributed by atoms with Crippen molar-refractivity contribution in [1.82, 2.24) is 15.0 Å². The summed E-state index contributed by atoms with van der Waals surface area (Å²) < 4.78 is 9.25. The first-order chi connectivity index (χ1) is 30.1. The molecule has 0 spiro atoms. The fraction of sp³-hybridized carbons (Fsp3) is 0.0545. The molecule has 5 nitrogen and oxygen atoms in total. The molecule has 6 heteroatoms. The Labute approximate surface area is 356 Å². The number of aromatic nitrogens is 3. The Hall–Kier alpha value is -7.54.